The normalized spacial score (nSPS) is 15.8. The number of hydrogen-bond acceptors (Lipinski definition) is 3. The van der Waals surface area contributed by atoms with E-state index < -0.39 is 18.1 Å². The molecule has 0 aliphatic carbocycles. The van der Waals surface area contributed by atoms with E-state index in [2.05, 4.69) is 15.4 Å². The Kier molecular flexibility index (Phi) is 5.53. The number of rotatable bonds is 3. The Labute approximate surface area is 137 Å². The third-order valence-electron chi connectivity index (χ3n) is 3.51. The highest BCUT2D eigenvalue weighted by Crippen LogP contribution is 2.25. The van der Waals surface area contributed by atoms with Crippen LogP contribution in [-0.2, 0) is 4.79 Å². The van der Waals surface area contributed by atoms with E-state index in [9.17, 15) is 22.8 Å². The van der Waals surface area contributed by atoms with Crippen LogP contribution in [0.1, 0.15) is 19.8 Å². The lowest BCUT2D eigenvalue weighted by Gasteiger charge is -2.32. The van der Waals surface area contributed by atoms with E-state index in [1.54, 1.807) is 4.90 Å². The fraction of sp³-hybridized carbons (Fsp3) is 0.467. The number of benzene rings is 1. The first-order chi connectivity index (χ1) is 11.2. The second-order valence-electron chi connectivity index (χ2n) is 5.47. The van der Waals surface area contributed by atoms with Crippen molar-refractivity contribution in [1.29, 1.82) is 0 Å². The van der Waals surface area contributed by atoms with Crippen LogP contribution >= 0.6 is 0 Å². The van der Waals surface area contributed by atoms with Crippen molar-refractivity contribution in [2.24, 2.45) is 0 Å². The number of amides is 3. The second kappa shape index (κ2) is 7.41. The molecule has 24 heavy (non-hydrogen) atoms. The molecule has 0 atom stereocenters. The zero-order chi connectivity index (χ0) is 17.7. The van der Waals surface area contributed by atoms with Crippen molar-refractivity contribution >= 4 is 17.6 Å². The molecular weight excluding hydrogens is 327 g/mol. The molecule has 1 fully saturated rings. The quantitative estimate of drug-likeness (QED) is 0.885. The molecule has 1 heterocycles. The smallest absolute Gasteiger partial charge is 0.406 e. The van der Waals surface area contributed by atoms with Gasteiger partial charge in [-0.3, -0.25) is 4.79 Å². The number of carbonyl (C=O) groups is 2. The molecule has 0 aromatic heterocycles. The van der Waals surface area contributed by atoms with Crippen LogP contribution in [-0.4, -0.2) is 42.3 Å². The number of urea groups is 1. The zero-order valence-electron chi connectivity index (χ0n) is 13.0. The first kappa shape index (κ1) is 17.9. The van der Waals surface area contributed by atoms with Crippen LogP contribution in [0.4, 0.5) is 23.7 Å². The predicted molar refractivity (Wildman–Crippen MR) is 80.6 cm³/mol. The maximum absolute atomic E-state index is 12.2. The number of halogens is 3. The van der Waals surface area contributed by atoms with Crippen LogP contribution in [0, 0.1) is 0 Å². The van der Waals surface area contributed by atoms with E-state index in [4.69, 9.17) is 0 Å². The van der Waals surface area contributed by atoms with Gasteiger partial charge in [0.15, 0.2) is 0 Å². The van der Waals surface area contributed by atoms with E-state index in [1.807, 2.05) is 0 Å². The van der Waals surface area contributed by atoms with Crippen molar-refractivity contribution in [2.75, 3.05) is 18.4 Å². The molecule has 0 unspecified atom stereocenters. The molecule has 1 aliphatic heterocycles. The molecule has 0 bridgehead atoms. The maximum atomic E-state index is 12.2. The molecule has 6 nitrogen and oxygen atoms in total. The summed E-state index contributed by atoms with van der Waals surface area (Å²) in [4.78, 5) is 24.7. The summed E-state index contributed by atoms with van der Waals surface area (Å²) < 4.78 is 40.4. The monoisotopic (exact) mass is 345 g/mol. The Balaban J connectivity index is 1.89. The lowest BCUT2D eigenvalue weighted by atomic mass is 10.1. The zero-order valence-corrected chi connectivity index (χ0v) is 13.0. The van der Waals surface area contributed by atoms with Gasteiger partial charge in [0.05, 0.1) is 0 Å². The number of nitrogens with one attached hydrogen (secondary N) is 2. The van der Waals surface area contributed by atoms with E-state index in [-0.39, 0.29) is 17.6 Å². The number of nitrogens with zero attached hydrogens (tertiary/aromatic N) is 1. The van der Waals surface area contributed by atoms with Crippen LogP contribution in [0.15, 0.2) is 24.3 Å². The first-order valence-corrected chi connectivity index (χ1v) is 7.42. The summed E-state index contributed by atoms with van der Waals surface area (Å²) in [6, 6.07) is 4.73. The van der Waals surface area contributed by atoms with Crippen LogP contribution in [0.3, 0.4) is 0 Å². The lowest BCUT2D eigenvalue weighted by molar-refractivity contribution is -0.274. The molecule has 0 saturated carbocycles. The molecule has 2 N–H and O–H groups in total. The van der Waals surface area contributed by atoms with Gasteiger partial charge in [0.2, 0.25) is 5.91 Å². The average molecular weight is 345 g/mol. The van der Waals surface area contributed by atoms with Crippen LogP contribution < -0.4 is 15.4 Å². The van der Waals surface area contributed by atoms with Crippen molar-refractivity contribution in [3.05, 3.63) is 24.3 Å². The van der Waals surface area contributed by atoms with Crippen molar-refractivity contribution < 1.29 is 27.5 Å². The Morgan fingerprint density at radius 2 is 1.92 bits per heavy atom. The minimum absolute atomic E-state index is 0.0371. The topological polar surface area (TPSA) is 70.7 Å². The van der Waals surface area contributed by atoms with Gasteiger partial charge in [0, 0.05) is 37.8 Å². The summed E-state index contributed by atoms with van der Waals surface area (Å²) in [5.74, 6) is -0.510. The largest absolute Gasteiger partial charge is 0.573 e. The SMILES string of the molecule is CC(=O)NC1CCN(C(=O)Nc2cccc(OC(F)(F)F)c2)CC1. The molecule has 3 amide bonds. The van der Waals surface area contributed by atoms with Gasteiger partial charge in [0.1, 0.15) is 5.75 Å². The van der Waals surface area contributed by atoms with E-state index in [0.717, 1.165) is 12.1 Å². The Morgan fingerprint density at radius 3 is 2.50 bits per heavy atom. The van der Waals surface area contributed by atoms with E-state index in [1.165, 1.54) is 19.1 Å². The molecule has 132 valence electrons. The standard InChI is InChI=1S/C15H18F3N3O3/c1-10(22)19-11-5-7-21(8-6-11)14(23)20-12-3-2-4-13(9-12)24-15(16,17)18/h2-4,9,11H,5-8H2,1H3,(H,19,22)(H,20,23). The number of alkyl halides is 3. The van der Waals surface area contributed by atoms with Crippen LogP contribution in [0.25, 0.3) is 0 Å². The van der Waals surface area contributed by atoms with Crippen LogP contribution in [0.5, 0.6) is 5.75 Å². The summed E-state index contributed by atoms with van der Waals surface area (Å²) in [6.45, 7) is 2.35. The van der Waals surface area contributed by atoms with Gasteiger partial charge >= 0.3 is 12.4 Å². The third kappa shape index (κ3) is 5.64. The number of anilines is 1. The van der Waals surface area contributed by atoms with Crippen molar-refractivity contribution in [3.8, 4) is 5.75 Å². The molecule has 0 radical (unpaired) electrons. The summed E-state index contributed by atoms with van der Waals surface area (Å²) in [5.41, 5.74) is 0.214. The fourth-order valence-electron chi connectivity index (χ4n) is 2.49. The molecule has 2 rings (SSSR count). The second-order valence-corrected chi connectivity index (χ2v) is 5.47. The average Bonchev–Trinajstić information content (AvgIpc) is 2.45. The highest BCUT2D eigenvalue weighted by Gasteiger charge is 2.31. The number of hydrogen-bond donors (Lipinski definition) is 2. The summed E-state index contributed by atoms with van der Waals surface area (Å²) in [6.07, 6.45) is -3.53. The summed E-state index contributed by atoms with van der Waals surface area (Å²) >= 11 is 0. The molecule has 1 aliphatic rings. The van der Waals surface area contributed by atoms with Gasteiger partial charge in [-0.25, -0.2) is 4.79 Å². The minimum Gasteiger partial charge on any atom is -0.406 e. The molecule has 0 spiro atoms. The van der Waals surface area contributed by atoms with Gasteiger partial charge < -0.3 is 20.3 Å². The minimum atomic E-state index is -4.78. The van der Waals surface area contributed by atoms with Gasteiger partial charge in [0.25, 0.3) is 0 Å². The summed E-state index contributed by atoms with van der Waals surface area (Å²) in [7, 11) is 0. The molecular formula is C15H18F3N3O3. The Morgan fingerprint density at radius 1 is 1.25 bits per heavy atom. The van der Waals surface area contributed by atoms with Gasteiger partial charge in [-0.05, 0) is 25.0 Å². The number of ether oxygens (including phenoxy) is 1. The maximum Gasteiger partial charge on any atom is 0.573 e. The van der Waals surface area contributed by atoms with Gasteiger partial charge in [-0.15, -0.1) is 13.2 Å². The lowest BCUT2D eigenvalue weighted by Crippen LogP contribution is -2.47. The summed E-state index contributed by atoms with van der Waals surface area (Å²) in [5, 5.41) is 5.35. The number of piperidine rings is 1. The molecule has 1 aromatic carbocycles. The highest BCUT2D eigenvalue weighted by atomic mass is 19.4. The fourth-order valence-corrected chi connectivity index (χ4v) is 2.49. The van der Waals surface area contributed by atoms with E-state index >= 15 is 0 Å². The molecule has 1 aromatic rings. The van der Waals surface area contributed by atoms with Crippen molar-refractivity contribution in [2.45, 2.75) is 32.2 Å². The Bertz CT molecular complexity index is 599. The molecule has 1 saturated heterocycles. The van der Waals surface area contributed by atoms with Crippen LogP contribution in [0.2, 0.25) is 0 Å². The van der Waals surface area contributed by atoms with Gasteiger partial charge in [-0.1, -0.05) is 6.07 Å². The highest BCUT2D eigenvalue weighted by molar-refractivity contribution is 5.89. The van der Waals surface area contributed by atoms with E-state index in [0.29, 0.717) is 25.9 Å². The number of carbonyl (C=O) groups excluding carboxylic acids is 2. The first-order valence-electron chi connectivity index (χ1n) is 7.42. The van der Waals surface area contributed by atoms with Gasteiger partial charge in [-0.2, -0.15) is 0 Å². The number of likely N-dealkylation sites (tertiary alicyclic amines) is 1. The molecule has 9 heteroatoms. The van der Waals surface area contributed by atoms with Crippen molar-refractivity contribution in [3.63, 3.8) is 0 Å². The Hall–Kier alpha value is -2.45. The van der Waals surface area contributed by atoms with Crippen molar-refractivity contribution in [1.82, 2.24) is 10.2 Å². The third-order valence-corrected chi connectivity index (χ3v) is 3.51. The predicted octanol–water partition coefficient (Wildman–Crippen LogP) is 2.72.